The van der Waals surface area contributed by atoms with Gasteiger partial charge in [-0.25, -0.2) is 0 Å². The molecule has 0 bridgehead atoms. The number of benzene rings is 1. The van der Waals surface area contributed by atoms with Crippen LogP contribution >= 0.6 is 0 Å². The van der Waals surface area contributed by atoms with Crippen molar-refractivity contribution in [2.45, 2.75) is 39.8 Å². The number of rotatable bonds is 6. The molecule has 1 aromatic carbocycles. The second-order valence-electron chi connectivity index (χ2n) is 8.57. The van der Waals surface area contributed by atoms with Gasteiger partial charge in [0.15, 0.2) is 0 Å². The van der Waals surface area contributed by atoms with Gasteiger partial charge in [0.2, 0.25) is 0 Å². The van der Waals surface area contributed by atoms with Gasteiger partial charge in [-0.3, -0.25) is 9.80 Å². The molecule has 0 spiro atoms. The minimum Gasteiger partial charge on any atom is -0.464 e. The molecule has 1 unspecified atom stereocenters. The second-order valence-corrected chi connectivity index (χ2v) is 8.57. The van der Waals surface area contributed by atoms with E-state index < -0.39 is 0 Å². The van der Waals surface area contributed by atoms with Crippen LogP contribution in [0, 0.1) is 5.41 Å². The van der Waals surface area contributed by atoms with Crippen molar-refractivity contribution in [3.63, 3.8) is 0 Å². The molecule has 0 aliphatic carbocycles. The average Bonchev–Trinajstić information content (AvgIpc) is 3.11. The highest BCUT2D eigenvalue weighted by atomic mass is 16.3. The fourth-order valence-electron chi connectivity index (χ4n) is 3.91. The Labute approximate surface area is 157 Å². The first kappa shape index (κ1) is 19.2. The number of hydrogen-bond acceptors (Lipinski definition) is 4. The number of nitrogens with zero attached hydrogens (tertiary/aromatic N) is 2. The zero-order valence-corrected chi connectivity index (χ0v) is 16.3. The molecule has 0 saturated carbocycles. The maximum absolute atomic E-state index is 9.52. The molecule has 0 amide bonds. The van der Waals surface area contributed by atoms with Crippen molar-refractivity contribution in [1.82, 2.24) is 9.80 Å². The topological polar surface area (TPSA) is 39.9 Å². The zero-order chi connectivity index (χ0) is 18.6. The van der Waals surface area contributed by atoms with E-state index in [-0.39, 0.29) is 12.0 Å². The number of piperazine rings is 1. The van der Waals surface area contributed by atoms with Gasteiger partial charge in [0.25, 0.3) is 0 Å². The summed E-state index contributed by atoms with van der Waals surface area (Å²) in [6, 6.07) is 12.9. The lowest BCUT2D eigenvalue weighted by molar-refractivity contribution is 0.0340. The Kier molecular flexibility index (Phi) is 6.17. The highest BCUT2D eigenvalue weighted by molar-refractivity contribution is 5.61. The summed E-state index contributed by atoms with van der Waals surface area (Å²) in [6.07, 6.45) is 2.57. The molecule has 1 aromatic heterocycles. The maximum atomic E-state index is 9.52. The van der Waals surface area contributed by atoms with Crippen molar-refractivity contribution in [2.24, 2.45) is 5.41 Å². The Morgan fingerprint density at radius 1 is 1.12 bits per heavy atom. The van der Waals surface area contributed by atoms with E-state index >= 15 is 0 Å². The largest absolute Gasteiger partial charge is 0.464 e. The third-order valence-corrected chi connectivity index (χ3v) is 5.03. The van der Waals surface area contributed by atoms with Crippen LogP contribution in [0.4, 0.5) is 0 Å². The van der Waals surface area contributed by atoms with Crippen LogP contribution in [0.5, 0.6) is 0 Å². The van der Waals surface area contributed by atoms with E-state index in [2.05, 4.69) is 54.8 Å². The van der Waals surface area contributed by atoms with Crippen molar-refractivity contribution in [3.05, 3.63) is 48.2 Å². The summed E-state index contributed by atoms with van der Waals surface area (Å²) in [5.41, 5.74) is 2.75. The van der Waals surface area contributed by atoms with Gasteiger partial charge in [-0.15, -0.1) is 0 Å². The first-order valence-electron chi connectivity index (χ1n) is 9.65. The van der Waals surface area contributed by atoms with E-state index in [1.54, 1.807) is 6.26 Å². The van der Waals surface area contributed by atoms with Gasteiger partial charge in [-0.2, -0.15) is 0 Å². The molecule has 4 nitrogen and oxygen atoms in total. The molecular weight excluding hydrogens is 324 g/mol. The predicted octanol–water partition coefficient (Wildman–Crippen LogP) is 3.86. The van der Waals surface area contributed by atoms with Crippen LogP contribution in [0.15, 0.2) is 47.1 Å². The molecule has 4 heteroatoms. The van der Waals surface area contributed by atoms with E-state index in [1.807, 2.05) is 12.1 Å². The van der Waals surface area contributed by atoms with Gasteiger partial charge in [0.1, 0.15) is 5.76 Å². The SMILES string of the molecule is CC(C)(C)CN1CCN(Cc2ccccc2-c2ccco2)CC1CCO. The van der Waals surface area contributed by atoms with Gasteiger partial charge in [0, 0.05) is 50.9 Å². The number of aliphatic hydroxyl groups excluding tert-OH is 1. The van der Waals surface area contributed by atoms with Crippen molar-refractivity contribution < 1.29 is 9.52 Å². The normalized spacial score (nSPS) is 19.8. The van der Waals surface area contributed by atoms with Crippen molar-refractivity contribution in [2.75, 3.05) is 32.8 Å². The standard InChI is InChI=1S/C22H32N2O2/c1-22(2,3)17-24-12-11-23(16-19(24)10-13-25)15-18-7-4-5-8-20(18)21-9-6-14-26-21/h4-9,14,19,25H,10-13,15-17H2,1-3H3. The van der Waals surface area contributed by atoms with Gasteiger partial charge < -0.3 is 9.52 Å². The van der Waals surface area contributed by atoms with Crippen LogP contribution in [-0.4, -0.2) is 53.7 Å². The summed E-state index contributed by atoms with van der Waals surface area (Å²) in [5.74, 6) is 0.930. The number of furan rings is 1. The third kappa shape index (κ3) is 4.97. The molecular formula is C22H32N2O2. The number of aliphatic hydroxyl groups is 1. The molecule has 1 N–H and O–H groups in total. The first-order chi connectivity index (χ1) is 12.5. The van der Waals surface area contributed by atoms with Crippen LogP contribution in [0.1, 0.15) is 32.8 Å². The molecule has 1 atom stereocenters. The summed E-state index contributed by atoms with van der Waals surface area (Å²) in [4.78, 5) is 5.08. The van der Waals surface area contributed by atoms with Gasteiger partial charge >= 0.3 is 0 Å². The monoisotopic (exact) mass is 356 g/mol. The van der Waals surface area contributed by atoms with Gasteiger partial charge in [0.05, 0.1) is 6.26 Å². The molecule has 0 radical (unpaired) electrons. The lowest BCUT2D eigenvalue weighted by atomic mass is 9.94. The molecule has 1 fully saturated rings. The van der Waals surface area contributed by atoms with E-state index in [9.17, 15) is 5.11 Å². The van der Waals surface area contributed by atoms with Crippen molar-refractivity contribution >= 4 is 0 Å². The molecule has 1 aliphatic rings. The van der Waals surface area contributed by atoms with Crippen LogP contribution in [-0.2, 0) is 6.54 Å². The quantitative estimate of drug-likeness (QED) is 0.853. The Balaban J connectivity index is 1.70. The molecule has 142 valence electrons. The van der Waals surface area contributed by atoms with Crippen LogP contribution in [0.2, 0.25) is 0 Å². The van der Waals surface area contributed by atoms with Crippen LogP contribution < -0.4 is 0 Å². The second kappa shape index (κ2) is 8.38. The summed E-state index contributed by atoms with van der Waals surface area (Å²) in [7, 11) is 0. The Bertz CT molecular complexity index is 676. The van der Waals surface area contributed by atoms with Gasteiger partial charge in [-0.1, -0.05) is 45.0 Å². The lowest BCUT2D eigenvalue weighted by Gasteiger charge is -2.44. The molecule has 1 aliphatic heterocycles. The number of hydrogen-bond donors (Lipinski definition) is 1. The summed E-state index contributed by atoms with van der Waals surface area (Å²) in [5, 5.41) is 9.52. The van der Waals surface area contributed by atoms with Gasteiger partial charge in [-0.05, 0) is 29.5 Å². The van der Waals surface area contributed by atoms with E-state index in [0.29, 0.717) is 6.04 Å². The minimum atomic E-state index is 0.252. The van der Waals surface area contributed by atoms with E-state index in [0.717, 1.165) is 44.9 Å². The molecule has 3 rings (SSSR count). The van der Waals surface area contributed by atoms with E-state index in [4.69, 9.17) is 4.42 Å². The molecule has 2 heterocycles. The Hall–Kier alpha value is -1.62. The Morgan fingerprint density at radius 3 is 2.62 bits per heavy atom. The fraction of sp³-hybridized carbons (Fsp3) is 0.545. The highest BCUT2D eigenvalue weighted by Gasteiger charge is 2.29. The average molecular weight is 357 g/mol. The van der Waals surface area contributed by atoms with Crippen molar-refractivity contribution in [3.8, 4) is 11.3 Å². The molecule has 1 saturated heterocycles. The Morgan fingerprint density at radius 2 is 1.92 bits per heavy atom. The highest BCUT2D eigenvalue weighted by Crippen LogP contribution is 2.27. The maximum Gasteiger partial charge on any atom is 0.134 e. The van der Waals surface area contributed by atoms with Crippen LogP contribution in [0.25, 0.3) is 11.3 Å². The zero-order valence-electron chi connectivity index (χ0n) is 16.3. The predicted molar refractivity (Wildman–Crippen MR) is 106 cm³/mol. The minimum absolute atomic E-state index is 0.252. The van der Waals surface area contributed by atoms with Crippen LogP contribution in [0.3, 0.4) is 0 Å². The lowest BCUT2D eigenvalue weighted by Crippen LogP contribution is -2.54. The first-order valence-corrected chi connectivity index (χ1v) is 9.65. The van der Waals surface area contributed by atoms with Crippen molar-refractivity contribution in [1.29, 1.82) is 0 Å². The van der Waals surface area contributed by atoms with E-state index in [1.165, 1.54) is 11.1 Å². The molecule has 2 aromatic rings. The third-order valence-electron chi connectivity index (χ3n) is 5.03. The smallest absolute Gasteiger partial charge is 0.134 e. The molecule has 26 heavy (non-hydrogen) atoms. The summed E-state index contributed by atoms with van der Waals surface area (Å²) < 4.78 is 5.62. The fourth-order valence-corrected chi connectivity index (χ4v) is 3.91. The summed E-state index contributed by atoms with van der Waals surface area (Å²) in [6.45, 7) is 12.2. The summed E-state index contributed by atoms with van der Waals surface area (Å²) >= 11 is 0.